The summed E-state index contributed by atoms with van der Waals surface area (Å²) in [7, 11) is 0. The van der Waals surface area contributed by atoms with Crippen molar-refractivity contribution in [2.24, 2.45) is 0 Å². The van der Waals surface area contributed by atoms with Crippen molar-refractivity contribution in [3.63, 3.8) is 0 Å². The van der Waals surface area contributed by atoms with Crippen LogP contribution in [0.2, 0.25) is 0 Å². The molecule has 0 bridgehead atoms. The summed E-state index contributed by atoms with van der Waals surface area (Å²) >= 11 is 0. The van der Waals surface area contributed by atoms with Crippen molar-refractivity contribution in [2.75, 3.05) is 13.1 Å². The van der Waals surface area contributed by atoms with E-state index in [9.17, 15) is 4.79 Å². The molecule has 3 heteroatoms. The molecule has 0 unspecified atom stereocenters. The summed E-state index contributed by atoms with van der Waals surface area (Å²) in [5.74, 6) is 0.175. The molecule has 0 spiro atoms. The fraction of sp³-hybridized carbons (Fsp3) is 0.438. The molecule has 1 aromatic heterocycles. The maximum absolute atomic E-state index is 12.5. The molecule has 0 radical (unpaired) electrons. The molecule has 1 aliphatic heterocycles. The second kappa shape index (κ2) is 4.41. The minimum absolute atomic E-state index is 0.175. The van der Waals surface area contributed by atoms with Gasteiger partial charge in [-0.05, 0) is 45.4 Å². The van der Waals surface area contributed by atoms with Gasteiger partial charge in [0.1, 0.15) is 5.69 Å². The molecule has 3 nitrogen and oxygen atoms in total. The van der Waals surface area contributed by atoms with E-state index in [2.05, 4.69) is 43.5 Å². The van der Waals surface area contributed by atoms with Gasteiger partial charge in [-0.2, -0.15) is 0 Å². The molecule has 1 saturated heterocycles. The number of amides is 1. The summed E-state index contributed by atoms with van der Waals surface area (Å²) in [6.07, 6.45) is 1.13. The van der Waals surface area contributed by atoms with Crippen LogP contribution < -0.4 is 0 Å². The Hall–Kier alpha value is -1.77. The van der Waals surface area contributed by atoms with Gasteiger partial charge in [-0.3, -0.25) is 4.79 Å². The number of carbonyl (C=O) groups excluding carboxylic acids is 1. The minimum atomic E-state index is 0.175. The molecular weight excluding hydrogens is 236 g/mol. The normalized spacial score (nSPS) is 15.1. The number of rotatable bonds is 2. The number of nitrogens with zero attached hydrogens (tertiary/aromatic N) is 2. The maximum atomic E-state index is 12.5. The maximum Gasteiger partial charge on any atom is 0.270 e. The van der Waals surface area contributed by atoms with Gasteiger partial charge in [0.15, 0.2) is 0 Å². The van der Waals surface area contributed by atoms with E-state index in [0.717, 1.165) is 36.1 Å². The van der Waals surface area contributed by atoms with Gasteiger partial charge < -0.3 is 9.47 Å². The van der Waals surface area contributed by atoms with Crippen molar-refractivity contribution in [2.45, 2.75) is 33.2 Å². The van der Waals surface area contributed by atoms with E-state index >= 15 is 0 Å². The molecule has 2 aromatic rings. The molecule has 0 saturated carbocycles. The minimum Gasteiger partial charge on any atom is -0.337 e. The van der Waals surface area contributed by atoms with Crippen LogP contribution in [0.4, 0.5) is 0 Å². The van der Waals surface area contributed by atoms with Crippen LogP contribution >= 0.6 is 0 Å². The number of benzene rings is 1. The van der Waals surface area contributed by atoms with Gasteiger partial charge in [0.25, 0.3) is 5.91 Å². The first-order valence-corrected chi connectivity index (χ1v) is 6.99. The lowest BCUT2D eigenvalue weighted by atomic mass is 10.1. The smallest absolute Gasteiger partial charge is 0.270 e. The van der Waals surface area contributed by atoms with Crippen molar-refractivity contribution in [3.8, 4) is 0 Å². The van der Waals surface area contributed by atoms with E-state index in [0.29, 0.717) is 6.04 Å². The van der Waals surface area contributed by atoms with Crippen molar-refractivity contribution in [1.29, 1.82) is 0 Å². The summed E-state index contributed by atoms with van der Waals surface area (Å²) in [5.41, 5.74) is 3.22. The number of aryl methyl sites for hydroxylation is 1. The zero-order valence-electron chi connectivity index (χ0n) is 11.8. The zero-order valence-corrected chi connectivity index (χ0v) is 11.8. The second-order valence-corrected chi connectivity index (χ2v) is 5.70. The zero-order chi connectivity index (χ0) is 13.6. The van der Waals surface area contributed by atoms with E-state index < -0.39 is 0 Å². The predicted octanol–water partition coefficient (Wildman–Crippen LogP) is 3.38. The molecule has 100 valence electrons. The monoisotopic (exact) mass is 256 g/mol. The number of hydrogen-bond acceptors (Lipinski definition) is 1. The van der Waals surface area contributed by atoms with Gasteiger partial charge in [0.2, 0.25) is 0 Å². The molecule has 2 heterocycles. The average Bonchev–Trinajstić information content (AvgIpc) is 2.64. The van der Waals surface area contributed by atoms with E-state index in [1.807, 2.05) is 11.0 Å². The quantitative estimate of drug-likeness (QED) is 0.808. The molecule has 1 aliphatic rings. The van der Waals surface area contributed by atoms with Gasteiger partial charge in [-0.25, -0.2) is 0 Å². The van der Waals surface area contributed by atoms with E-state index in [4.69, 9.17) is 0 Å². The molecule has 0 aliphatic carbocycles. The number of likely N-dealkylation sites (tertiary alicyclic amines) is 1. The number of aromatic nitrogens is 1. The topological polar surface area (TPSA) is 25.2 Å². The Morgan fingerprint density at radius 2 is 1.95 bits per heavy atom. The number of carbonyl (C=O) groups is 1. The first kappa shape index (κ1) is 12.3. The van der Waals surface area contributed by atoms with Crippen LogP contribution in [-0.4, -0.2) is 28.5 Å². The SMILES string of the molecule is Cc1ccc2c(c1)cc(C(=O)N1CCC1)n2C(C)C. The summed E-state index contributed by atoms with van der Waals surface area (Å²) in [4.78, 5) is 14.4. The fourth-order valence-corrected chi connectivity index (χ4v) is 2.76. The molecule has 3 rings (SSSR count). The predicted molar refractivity (Wildman–Crippen MR) is 77.6 cm³/mol. The molecule has 0 atom stereocenters. The Morgan fingerprint density at radius 1 is 1.21 bits per heavy atom. The van der Waals surface area contributed by atoms with Crippen LogP contribution in [0.25, 0.3) is 10.9 Å². The number of hydrogen-bond donors (Lipinski definition) is 0. The molecule has 19 heavy (non-hydrogen) atoms. The first-order chi connectivity index (χ1) is 9.08. The third-order valence-electron chi connectivity index (χ3n) is 3.87. The summed E-state index contributed by atoms with van der Waals surface area (Å²) in [5, 5.41) is 1.16. The van der Waals surface area contributed by atoms with Gasteiger partial charge in [0, 0.05) is 30.0 Å². The Labute approximate surface area is 113 Å². The van der Waals surface area contributed by atoms with Crippen molar-refractivity contribution >= 4 is 16.8 Å². The van der Waals surface area contributed by atoms with Crippen LogP contribution in [0, 0.1) is 6.92 Å². The Morgan fingerprint density at radius 3 is 2.53 bits per heavy atom. The molecule has 1 aromatic carbocycles. The standard InChI is InChI=1S/C16H20N2O/c1-11(2)18-14-6-5-12(3)9-13(14)10-15(18)16(19)17-7-4-8-17/h5-6,9-11H,4,7-8H2,1-3H3. The number of fused-ring (bicyclic) bond motifs is 1. The van der Waals surface area contributed by atoms with E-state index in [-0.39, 0.29) is 5.91 Å². The third-order valence-corrected chi connectivity index (χ3v) is 3.87. The molecule has 1 fully saturated rings. The van der Waals surface area contributed by atoms with Crippen molar-refractivity contribution < 1.29 is 4.79 Å². The first-order valence-electron chi connectivity index (χ1n) is 6.99. The van der Waals surface area contributed by atoms with Crippen molar-refractivity contribution in [1.82, 2.24) is 9.47 Å². The van der Waals surface area contributed by atoms with Crippen LogP contribution in [0.5, 0.6) is 0 Å². The van der Waals surface area contributed by atoms with Crippen LogP contribution in [0.3, 0.4) is 0 Å². The molecule has 0 N–H and O–H groups in total. The summed E-state index contributed by atoms with van der Waals surface area (Å²) < 4.78 is 2.16. The summed E-state index contributed by atoms with van der Waals surface area (Å²) in [6, 6.07) is 8.72. The fourth-order valence-electron chi connectivity index (χ4n) is 2.76. The lowest BCUT2D eigenvalue weighted by molar-refractivity contribution is 0.0639. The highest BCUT2D eigenvalue weighted by molar-refractivity contribution is 5.99. The van der Waals surface area contributed by atoms with Crippen molar-refractivity contribution in [3.05, 3.63) is 35.5 Å². The van der Waals surface area contributed by atoms with Gasteiger partial charge in [-0.1, -0.05) is 11.6 Å². The van der Waals surface area contributed by atoms with Gasteiger partial charge >= 0.3 is 0 Å². The summed E-state index contributed by atoms with van der Waals surface area (Å²) in [6.45, 7) is 8.15. The highest BCUT2D eigenvalue weighted by Crippen LogP contribution is 2.27. The lowest BCUT2D eigenvalue weighted by Crippen LogP contribution is -2.42. The Bertz CT molecular complexity index is 635. The Kier molecular flexibility index (Phi) is 2.85. The average molecular weight is 256 g/mol. The van der Waals surface area contributed by atoms with E-state index in [1.165, 1.54) is 5.56 Å². The highest BCUT2D eigenvalue weighted by Gasteiger charge is 2.26. The van der Waals surface area contributed by atoms with Crippen LogP contribution in [0.1, 0.15) is 42.4 Å². The molecule has 1 amide bonds. The molecular formula is C16H20N2O. The van der Waals surface area contributed by atoms with Gasteiger partial charge in [0.05, 0.1) is 0 Å². The second-order valence-electron chi connectivity index (χ2n) is 5.70. The van der Waals surface area contributed by atoms with Crippen LogP contribution in [0.15, 0.2) is 24.3 Å². The Balaban J connectivity index is 2.16. The van der Waals surface area contributed by atoms with Gasteiger partial charge in [-0.15, -0.1) is 0 Å². The van der Waals surface area contributed by atoms with Crippen LogP contribution in [-0.2, 0) is 0 Å². The highest BCUT2D eigenvalue weighted by atomic mass is 16.2. The lowest BCUT2D eigenvalue weighted by Gasteiger charge is -2.31. The largest absolute Gasteiger partial charge is 0.337 e. The third kappa shape index (κ3) is 1.93. The van der Waals surface area contributed by atoms with E-state index in [1.54, 1.807) is 0 Å².